The largest absolute Gasteiger partial charge is 0.481 e. The maximum Gasteiger partial charge on any atom is 0.311 e. The summed E-state index contributed by atoms with van der Waals surface area (Å²) in [4.78, 5) is 36.2. The van der Waals surface area contributed by atoms with Crippen molar-refractivity contribution in [2.75, 3.05) is 11.9 Å². The average molecular weight is 395 g/mol. The second-order valence-electron chi connectivity index (χ2n) is 7.67. The normalized spacial score (nSPS) is 16.0. The molecule has 27 heavy (non-hydrogen) atoms. The summed E-state index contributed by atoms with van der Waals surface area (Å²) in [7, 11) is 0. The van der Waals surface area contributed by atoms with E-state index in [0.29, 0.717) is 24.9 Å². The molecule has 1 aromatic rings. The van der Waals surface area contributed by atoms with Crippen LogP contribution in [0.15, 0.2) is 18.2 Å². The number of carbonyl (C=O) groups excluding carboxylic acids is 2. The van der Waals surface area contributed by atoms with Crippen LogP contribution >= 0.6 is 11.6 Å². The van der Waals surface area contributed by atoms with Gasteiger partial charge in [-0.1, -0.05) is 44.7 Å². The number of hydrogen-bond acceptors (Lipinski definition) is 3. The molecular weight excluding hydrogens is 368 g/mol. The van der Waals surface area contributed by atoms with Crippen molar-refractivity contribution in [2.24, 2.45) is 11.3 Å². The highest BCUT2D eigenvalue weighted by atomic mass is 35.5. The van der Waals surface area contributed by atoms with Gasteiger partial charge in [-0.3, -0.25) is 14.4 Å². The highest BCUT2D eigenvalue weighted by Gasteiger charge is 2.39. The van der Waals surface area contributed by atoms with E-state index in [-0.39, 0.29) is 29.0 Å². The third kappa shape index (κ3) is 5.70. The first-order chi connectivity index (χ1) is 12.7. The molecule has 0 unspecified atom stereocenters. The van der Waals surface area contributed by atoms with Crippen LogP contribution in [0.2, 0.25) is 5.02 Å². The molecule has 1 aliphatic carbocycles. The van der Waals surface area contributed by atoms with E-state index in [9.17, 15) is 19.5 Å². The fourth-order valence-electron chi connectivity index (χ4n) is 3.40. The summed E-state index contributed by atoms with van der Waals surface area (Å²) in [5, 5.41) is 15.4. The quantitative estimate of drug-likeness (QED) is 0.649. The van der Waals surface area contributed by atoms with Crippen LogP contribution in [0.25, 0.3) is 0 Å². The molecule has 148 valence electrons. The topological polar surface area (TPSA) is 95.5 Å². The Balaban J connectivity index is 2.07. The second kappa shape index (κ2) is 9.22. The summed E-state index contributed by atoms with van der Waals surface area (Å²) in [5.41, 5.74) is -0.208. The Labute approximate surface area is 164 Å². The summed E-state index contributed by atoms with van der Waals surface area (Å²) >= 11 is 6.14. The van der Waals surface area contributed by atoms with Gasteiger partial charge in [0.1, 0.15) is 0 Å². The molecule has 0 saturated heterocycles. The van der Waals surface area contributed by atoms with E-state index in [0.717, 1.165) is 19.3 Å². The Kier molecular flexibility index (Phi) is 7.25. The first-order valence-electron chi connectivity index (χ1n) is 9.34. The maximum atomic E-state index is 12.6. The Morgan fingerprint density at radius 2 is 1.85 bits per heavy atom. The molecule has 0 radical (unpaired) electrons. The minimum atomic E-state index is -0.913. The Hall–Kier alpha value is -2.08. The number of carboxylic acids is 1. The number of amides is 2. The molecule has 0 aliphatic heterocycles. The summed E-state index contributed by atoms with van der Waals surface area (Å²) in [5.74, 6) is -1.22. The Morgan fingerprint density at radius 3 is 2.44 bits per heavy atom. The van der Waals surface area contributed by atoms with Gasteiger partial charge >= 0.3 is 5.97 Å². The van der Waals surface area contributed by atoms with E-state index in [1.165, 1.54) is 6.07 Å². The third-order valence-corrected chi connectivity index (χ3v) is 5.27. The van der Waals surface area contributed by atoms with Gasteiger partial charge in [-0.2, -0.15) is 0 Å². The molecule has 0 aromatic heterocycles. The molecule has 1 aromatic carbocycles. The second-order valence-corrected chi connectivity index (χ2v) is 8.08. The molecule has 1 fully saturated rings. The summed E-state index contributed by atoms with van der Waals surface area (Å²) in [6.07, 6.45) is 4.21. The summed E-state index contributed by atoms with van der Waals surface area (Å²) in [6.45, 7) is 3.97. The fraction of sp³-hybridized carbons (Fsp3) is 0.550. The van der Waals surface area contributed by atoms with Crippen LogP contribution in [0.3, 0.4) is 0 Å². The van der Waals surface area contributed by atoms with E-state index in [1.807, 2.05) is 13.8 Å². The fourth-order valence-corrected chi connectivity index (χ4v) is 3.60. The Morgan fingerprint density at radius 1 is 1.19 bits per heavy atom. The zero-order valence-electron chi connectivity index (χ0n) is 15.8. The van der Waals surface area contributed by atoms with Gasteiger partial charge in [0.15, 0.2) is 0 Å². The molecule has 2 amide bonds. The number of halogens is 1. The van der Waals surface area contributed by atoms with E-state index < -0.39 is 17.3 Å². The number of benzene rings is 1. The molecule has 0 bridgehead atoms. The van der Waals surface area contributed by atoms with Gasteiger partial charge in [-0.05, 0) is 37.0 Å². The molecule has 0 atom stereocenters. The van der Waals surface area contributed by atoms with E-state index in [2.05, 4.69) is 10.6 Å². The zero-order valence-corrected chi connectivity index (χ0v) is 16.6. The van der Waals surface area contributed by atoms with Gasteiger partial charge in [0.05, 0.1) is 16.0 Å². The molecule has 7 heteroatoms. The van der Waals surface area contributed by atoms with Gasteiger partial charge in [0.2, 0.25) is 5.91 Å². The average Bonchev–Trinajstić information content (AvgIpc) is 2.61. The lowest BCUT2D eigenvalue weighted by Crippen LogP contribution is -2.44. The van der Waals surface area contributed by atoms with Crippen molar-refractivity contribution < 1.29 is 19.5 Å². The van der Waals surface area contributed by atoms with Crippen LogP contribution in [-0.4, -0.2) is 29.4 Å². The van der Waals surface area contributed by atoms with Crippen LogP contribution in [0.5, 0.6) is 0 Å². The number of anilines is 1. The van der Waals surface area contributed by atoms with Crippen LogP contribution in [0.4, 0.5) is 5.69 Å². The molecule has 1 aliphatic rings. The van der Waals surface area contributed by atoms with Gasteiger partial charge in [-0.25, -0.2) is 0 Å². The highest BCUT2D eigenvalue weighted by Crippen LogP contribution is 2.36. The lowest BCUT2D eigenvalue weighted by atomic mass is 9.74. The molecule has 2 rings (SSSR count). The standard InChI is InChI=1S/C20H27ClN2O4/c1-13(2)10-17(24)23-14-6-7-16(21)15(11-14)18(25)22-12-20(19(26)27)8-4-3-5-9-20/h6-7,11,13H,3-5,8-10,12H2,1-2H3,(H,22,25)(H,23,24)(H,26,27). The van der Waals surface area contributed by atoms with Crippen molar-refractivity contribution in [1.82, 2.24) is 5.32 Å². The Bertz CT molecular complexity index is 712. The van der Waals surface area contributed by atoms with Gasteiger partial charge < -0.3 is 15.7 Å². The van der Waals surface area contributed by atoms with Crippen LogP contribution in [0.1, 0.15) is 62.7 Å². The summed E-state index contributed by atoms with van der Waals surface area (Å²) in [6, 6.07) is 4.70. The van der Waals surface area contributed by atoms with Crippen molar-refractivity contribution in [3.8, 4) is 0 Å². The zero-order chi connectivity index (χ0) is 20.0. The lowest BCUT2D eigenvalue weighted by Gasteiger charge is -2.33. The first-order valence-corrected chi connectivity index (χ1v) is 9.72. The van der Waals surface area contributed by atoms with E-state index in [1.54, 1.807) is 12.1 Å². The number of aliphatic carboxylic acids is 1. The van der Waals surface area contributed by atoms with Crippen LogP contribution < -0.4 is 10.6 Å². The number of hydrogen-bond donors (Lipinski definition) is 3. The third-order valence-electron chi connectivity index (χ3n) is 4.94. The predicted octanol–water partition coefficient (Wildman–Crippen LogP) is 4.09. The molecular formula is C20H27ClN2O4. The smallest absolute Gasteiger partial charge is 0.311 e. The highest BCUT2D eigenvalue weighted by molar-refractivity contribution is 6.34. The van der Waals surface area contributed by atoms with E-state index >= 15 is 0 Å². The maximum absolute atomic E-state index is 12.6. The van der Waals surface area contributed by atoms with E-state index in [4.69, 9.17) is 11.6 Å². The van der Waals surface area contributed by atoms with Gasteiger partial charge in [0.25, 0.3) is 5.91 Å². The van der Waals surface area contributed by atoms with Crippen LogP contribution in [-0.2, 0) is 9.59 Å². The van der Waals surface area contributed by atoms with Crippen molar-refractivity contribution in [1.29, 1.82) is 0 Å². The lowest BCUT2D eigenvalue weighted by molar-refractivity contribution is -0.150. The molecule has 0 spiro atoms. The monoisotopic (exact) mass is 394 g/mol. The minimum Gasteiger partial charge on any atom is -0.481 e. The SMILES string of the molecule is CC(C)CC(=O)Nc1ccc(Cl)c(C(=O)NCC2(C(=O)O)CCCCC2)c1. The number of rotatable bonds is 7. The van der Waals surface area contributed by atoms with Crippen molar-refractivity contribution in [2.45, 2.75) is 52.4 Å². The molecule has 3 N–H and O–H groups in total. The first kappa shape index (κ1) is 21.2. The number of carbonyl (C=O) groups is 3. The van der Waals surface area contributed by atoms with Crippen molar-refractivity contribution >= 4 is 35.1 Å². The number of carboxylic acid groups (broad SMARTS) is 1. The molecule has 6 nitrogen and oxygen atoms in total. The predicted molar refractivity (Wildman–Crippen MR) is 105 cm³/mol. The van der Waals surface area contributed by atoms with Crippen molar-refractivity contribution in [3.63, 3.8) is 0 Å². The molecule has 0 heterocycles. The van der Waals surface area contributed by atoms with Crippen LogP contribution in [0, 0.1) is 11.3 Å². The molecule has 1 saturated carbocycles. The van der Waals surface area contributed by atoms with Crippen molar-refractivity contribution in [3.05, 3.63) is 28.8 Å². The van der Waals surface area contributed by atoms with Gasteiger partial charge in [-0.15, -0.1) is 0 Å². The minimum absolute atomic E-state index is 0.0709. The van der Waals surface area contributed by atoms with Gasteiger partial charge in [0, 0.05) is 18.7 Å². The summed E-state index contributed by atoms with van der Waals surface area (Å²) < 4.78 is 0. The number of nitrogens with one attached hydrogen (secondary N) is 2.